The summed E-state index contributed by atoms with van der Waals surface area (Å²) in [4.78, 5) is 24.7. The third-order valence-electron chi connectivity index (χ3n) is 5.89. The molecule has 1 aliphatic carbocycles. The molecule has 0 fully saturated rings. The molecule has 182 valence electrons. The molecule has 0 radical (unpaired) electrons. The molecular formula is C27H26BrNO6. The van der Waals surface area contributed by atoms with Gasteiger partial charge in [0.25, 0.3) is 0 Å². The monoisotopic (exact) mass is 539 g/mol. The lowest BCUT2D eigenvalue weighted by atomic mass is 9.98. The maximum atomic E-state index is 12.7. The van der Waals surface area contributed by atoms with E-state index in [1.165, 1.54) is 13.2 Å². The predicted molar refractivity (Wildman–Crippen MR) is 135 cm³/mol. The summed E-state index contributed by atoms with van der Waals surface area (Å²) in [7, 11) is 1.47. The van der Waals surface area contributed by atoms with Crippen LogP contribution in [0.25, 0.3) is 11.1 Å². The van der Waals surface area contributed by atoms with Crippen molar-refractivity contribution in [3.63, 3.8) is 0 Å². The van der Waals surface area contributed by atoms with Gasteiger partial charge in [-0.2, -0.15) is 0 Å². The molecule has 4 rings (SSSR count). The van der Waals surface area contributed by atoms with E-state index in [9.17, 15) is 14.7 Å². The Morgan fingerprint density at radius 1 is 1.06 bits per heavy atom. The molecule has 1 amide bonds. The summed E-state index contributed by atoms with van der Waals surface area (Å²) in [6.07, 6.45) is -0.0148. The molecular weight excluding hydrogens is 514 g/mol. The van der Waals surface area contributed by atoms with Crippen molar-refractivity contribution < 1.29 is 28.9 Å². The number of alkyl carbamates (subject to hydrolysis) is 1. The van der Waals surface area contributed by atoms with Gasteiger partial charge >= 0.3 is 12.1 Å². The Kier molecular flexibility index (Phi) is 7.60. The molecule has 0 aromatic heterocycles. The summed E-state index contributed by atoms with van der Waals surface area (Å²) in [5.74, 6) is -0.512. The third kappa shape index (κ3) is 5.12. The minimum atomic E-state index is -1.34. The SMILES string of the molecule is CCCOc1c(Br)cc(C(NC(=O)OCC2c3ccccc3-c3ccccc32)C(=O)O)cc1OC. The molecule has 1 aliphatic rings. The number of amides is 1. The lowest BCUT2D eigenvalue weighted by Crippen LogP contribution is -2.35. The predicted octanol–water partition coefficient (Wildman–Crippen LogP) is 5.91. The first-order valence-electron chi connectivity index (χ1n) is 11.3. The molecule has 0 saturated heterocycles. The first-order chi connectivity index (χ1) is 16.9. The topological polar surface area (TPSA) is 94.1 Å². The lowest BCUT2D eigenvalue weighted by Gasteiger charge is -2.19. The van der Waals surface area contributed by atoms with Gasteiger partial charge in [0.05, 0.1) is 18.2 Å². The van der Waals surface area contributed by atoms with Crippen LogP contribution in [0.5, 0.6) is 11.5 Å². The Bertz CT molecular complexity index is 1200. The quantitative estimate of drug-likeness (QED) is 0.351. The number of carboxylic acids is 1. The highest BCUT2D eigenvalue weighted by atomic mass is 79.9. The van der Waals surface area contributed by atoms with E-state index in [4.69, 9.17) is 14.2 Å². The highest BCUT2D eigenvalue weighted by molar-refractivity contribution is 9.10. The summed E-state index contributed by atoms with van der Waals surface area (Å²) in [6.45, 7) is 2.55. The number of hydrogen-bond acceptors (Lipinski definition) is 5. The molecule has 0 spiro atoms. The van der Waals surface area contributed by atoms with Crippen LogP contribution < -0.4 is 14.8 Å². The van der Waals surface area contributed by atoms with Crippen molar-refractivity contribution in [1.82, 2.24) is 5.32 Å². The van der Waals surface area contributed by atoms with Gasteiger partial charge < -0.3 is 24.6 Å². The van der Waals surface area contributed by atoms with Gasteiger partial charge in [0.15, 0.2) is 17.5 Å². The van der Waals surface area contributed by atoms with E-state index in [2.05, 4.69) is 21.2 Å². The number of methoxy groups -OCH3 is 1. The molecule has 0 heterocycles. The van der Waals surface area contributed by atoms with Crippen molar-refractivity contribution in [3.05, 3.63) is 81.8 Å². The second-order valence-electron chi connectivity index (χ2n) is 8.12. The number of fused-ring (bicyclic) bond motifs is 3. The minimum Gasteiger partial charge on any atom is -0.493 e. The zero-order chi connectivity index (χ0) is 24.9. The fourth-order valence-electron chi connectivity index (χ4n) is 4.30. The Morgan fingerprint density at radius 3 is 2.26 bits per heavy atom. The third-order valence-corrected chi connectivity index (χ3v) is 6.48. The summed E-state index contributed by atoms with van der Waals surface area (Å²) in [6, 6.07) is 17.8. The van der Waals surface area contributed by atoms with Crippen LogP contribution in [0, 0.1) is 0 Å². The first kappa shape index (κ1) is 24.6. The number of rotatable bonds is 9. The highest BCUT2D eigenvalue weighted by Gasteiger charge is 2.30. The van der Waals surface area contributed by atoms with Gasteiger partial charge in [-0.05, 0) is 62.3 Å². The van der Waals surface area contributed by atoms with Crippen molar-refractivity contribution >= 4 is 28.0 Å². The van der Waals surface area contributed by atoms with E-state index in [-0.39, 0.29) is 12.5 Å². The fourth-order valence-corrected chi connectivity index (χ4v) is 4.87. The number of aliphatic carboxylic acids is 1. The fraction of sp³-hybridized carbons (Fsp3) is 0.259. The summed E-state index contributed by atoms with van der Waals surface area (Å²) >= 11 is 3.42. The number of hydrogen-bond donors (Lipinski definition) is 2. The van der Waals surface area contributed by atoms with Gasteiger partial charge in [-0.25, -0.2) is 9.59 Å². The van der Waals surface area contributed by atoms with Crippen molar-refractivity contribution in [2.45, 2.75) is 25.3 Å². The molecule has 1 atom stereocenters. The van der Waals surface area contributed by atoms with Gasteiger partial charge in [-0.1, -0.05) is 55.5 Å². The number of ether oxygens (including phenoxy) is 3. The van der Waals surface area contributed by atoms with Crippen LogP contribution in [0.1, 0.15) is 42.0 Å². The van der Waals surface area contributed by atoms with Crippen molar-refractivity contribution in [1.29, 1.82) is 0 Å². The van der Waals surface area contributed by atoms with Crippen LogP contribution in [0.3, 0.4) is 0 Å². The average Bonchev–Trinajstić information content (AvgIpc) is 3.18. The zero-order valence-corrected chi connectivity index (χ0v) is 21.0. The number of carboxylic acid groups (broad SMARTS) is 1. The van der Waals surface area contributed by atoms with Crippen LogP contribution in [0.4, 0.5) is 4.79 Å². The van der Waals surface area contributed by atoms with E-state index < -0.39 is 18.1 Å². The molecule has 8 heteroatoms. The zero-order valence-electron chi connectivity index (χ0n) is 19.4. The molecule has 0 saturated carbocycles. The number of carbonyl (C=O) groups is 2. The summed E-state index contributed by atoms with van der Waals surface area (Å²) < 4.78 is 17.1. The minimum absolute atomic E-state index is 0.0863. The van der Waals surface area contributed by atoms with E-state index >= 15 is 0 Å². The number of carbonyl (C=O) groups excluding carboxylic acids is 1. The Morgan fingerprint density at radius 2 is 1.69 bits per heavy atom. The van der Waals surface area contributed by atoms with Gasteiger partial charge in [-0.3, -0.25) is 0 Å². The molecule has 7 nitrogen and oxygen atoms in total. The molecule has 0 aliphatic heterocycles. The first-order valence-corrected chi connectivity index (χ1v) is 12.1. The molecule has 2 N–H and O–H groups in total. The van der Waals surface area contributed by atoms with Gasteiger partial charge in [0.1, 0.15) is 6.61 Å². The molecule has 3 aromatic rings. The normalized spacial score (nSPS) is 12.9. The maximum Gasteiger partial charge on any atom is 0.408 e. The largest absolute Gasteiger partial charge is 0.493 e. The Labute approximate surface area is 212 Å². The van der Waals surface area contributed by atoms with E-state index in [1.54, 1.807) is 6.07 Å². The van der Waals surface area contributed by atoms with Crippen LogP contribution in [0.15, 0.2) is 65.1 Å². The van der Waals surface area contributed by atoms with Crippen LogP contribution in [-0.4, -0.2) is 37.5 Å². The van der Waals surface area contributed by atoms with Crippen LogP contribution in [-0.2, 0) is 9.53 Å². The molecule has 0 bridgehead atoms. The van der Waals surface area contributed by atoms with Crippen molar-refractivity contribution in [2.24, 2.45) is 0 Å². The van der Waals surface area contributed by atoms with Crippen molar-refractivity contribution in [3.8, 4) is 22.6 Å². The van der Waals surface area contributed by atoms with Crippen molar-refractivity contribution in [2.75, 3.05) is 20.3 Å². The van der Waals surface area contributed by atoms with E-state index in [0.29, 0.717) is 28.1 Å². The second-order valence-corrected chi connectivity index (χ2v) is 8.98. The molecule has 1 unspecified atom stereocenters. The lowest BCUT2D eigenvalue weighted by molar-refractivity contribution is -0.139. The molecule has 35 heavy (non-hydrogen) atoms. The summed E-state index contributed by atoms with van der Waals surface area (Å²) in [5.41, 5.74) is 4.70. The van der Waals surface area contributed by atoms with E-state index in [1.807, 2.05) is 55.5 Å². The van der Waals surface area contributed by atoms with Gasteiger partial charge in [0.2, 0.25) is 0 Å². The number of benzene rings is 3. The smallest absolute Gasteiger partial charge is 0.408 e. The van der Waals surface area contributed by atoms with Gasteiger partial charge in [-0.15, -0.1) is 0 Å². The average molecular weight is 540 g/mol. The second kappa shape index (κ2) is 10.8. The highest BCUT2D eigenvalue weighted by Crippen LogP contribution is 2.44. The maximum absolute atomic E-state index is 12.7. The summed E-state index contributed by atoms with van der Waals surface area (Å²) in [5, 5.41) is 12.3. The Balaban J connectivity index is 1.50. The standard InChI is InChI=1S/C27H26BrNO6/c1-3-12-34-25-22(28)13-16(14-23(25)33-2)24(26(30)31)29-27(32)35-15-21-19-10-6-4-8-17(19)18-9-5-7-11-20(18)21/h4-11,13-14,21,24H,3,12,15H2,1-2H3,(H,29,32)(H,30,31). The Hall–Kier alpha value is -3.52. The van der Waals surface area contributed by atoms with Gasteiger partial charge in [0, 0.05) is 5.92 Å². The number of nitrogens with one attached hydrogen (secondary N) is 1. The van der Waals surface area contributed by atoms with Crippen LogP contribution >= 0.6 is 15.9 Å². The number of halogens is 1. The molecule has 3 aromatic carbocycles. The van der Waals surface area contributed by atoms with Crippen LogP contribution in [0.2, 0.25) is 0 Å². The van der Waals surface area contributed by atoms with E-state index in [0.717, 1.165) is 28.7 Å².